The fourth-order valence-electron chi connectivity index (χ4n) is 18.1. The number of aromatic nitrogens is 12. The van der Waals surface area contributed by atoms with Gasteiger partial charge in [0, 0.05) is 47.5 Å². The van der Waals surface area contributed by atoms with Gasteiger partial charge in [0.25, 0.3) is 0 Å². The fourth-order valence-corrected chi connectivity index (χ4v) is 21.2. The molecule has 0 amide bonds. The molecule has 0 bridgehead atoms. The molecule has 756 valence electrons. The number of imidazole rings is 4. The topological polar surface area (TPSA) is 284 Å². The molecule has 47 heteroatoms. The first-order valence-corrected chi connectivity index (χ1v) is 54.4. The zero-order valence-electron chi connectivity index (χ0n) is 79.3. The average molecular weight is 2080 g/mol. The van der Waals surface area contributed by atoms with Crippen molar-refractivity contribution in [2.75, 3.05) is 125 Å². The number of hydrogen-bond donors (Lipinski definition) is 0. The lowest BCUT2D eigenvalue weighted by atomic mass is 10.1. The number of aryl methyl sites for hydroxylation is 4. The number of halogens is 11. The number of morpholine rings is 4. The van der Waals surface area contributed by atoms with E-state index in [1.165, 1.54) is 59.5 Å². The fraction of sp³-hybridized carbons (Fsp3) is 0.232. The van der Waals surface area contributed by atoms with Crippen molar-refractivity contribution in [2.24, 2.45) is 20.0 Å². The smallest absolute Gasteiger partial charge is 0.435 e. The molecule has 24 rings (SSSR count). The molecule has 16 heterocycles. The summed E-state index contributed by atoms with van der Waals surface area (Å²) >= 11 is 1.37. The Kier molecular flexibility index (Phi) is 24.0. The van der Waals surface area contributed by atoms with E-state index in [-0.39, 0.29) is 5.82 Å². The van der Waals surface area contributed by atoms with Gasteiger partial charge in [-0.3, -0.25) is 60.0 Å². The molecular formula is C99H93F11N24O8S3Si. The molecule has 0 spiro atoms. The van der Waals surface area contributed by atoms with E-state index in [0.29, 0.717) is 161 Å². The van der Waals surface area contributed by atoms with Gasteiger partial charge in [0.1, 0.15) is 53.9 Å². The molecular weight excluding hydrogens is 1990 g/mol. The van der Waals surface area contributed by atoms with Gasteiger partial charge in [0.2, 0.25) is 0 Å². The van der Waals surface area contributed by atoms with Crippen LogP contribution in [0, 0.1) is 33.5 Å². The summed E-state index contributed by atoms with van der Waals surface area (Å²) in [5.41, 5.74) is 17.0. The average Bonchev–Trinajstić information content (AvgIpc) is 0.946. The molecule has 0 radical (unpaired) electrons. The first-order chi connectivity index (χ1) is 69.8. The van der Waals surface area contributed by atoms with Crippen LogP contribution in [0.25, 0.3) is 90.3 Å². The van der Waals surface area contributed by atoms with E-state index in [2.05, 4.69) is 118 Å². The molecule has 0 atom stereocenters. The Morgan fingerprint density at radius 3 is 1.12 bits per heavy atom. The Labute approximate surface area is 832 Å². The van der Waals surface area contributed by atoms with Gasteiger partial charge < -0.3 is 54.8 Å². The van der Waals surface area contributed by atoms with Crippen LogP contribution in [0.3, 0.4) is 0 Å². The minimum atomic E-state index is -10.1. The summed E-state index contributed by atoms with van der Waals surface area (Å²) in [5, 5.41) is 23.1. The van der Waals surface area contributed by atoms with Crippen molar-refractivity contribution >= 4 is 159 Å². The van der Waals surface area contributed by atoms with Crippen LogP contribution in [0.15, 0.2) is 282 Å². The minimum Gasteiger partial charge on any atom is -0.488 e. The highest BCUT2D eigenvalue weighted by Crippen LogP contribution is 3.02. The molecule has 0 N–H and O–H groups in total. The van der Waals surface area contributed by atoms with E-state index < -0.39 is 39.4 Å². The van der Waals surface area contributed by atoms with Crippen molar-refractivity contribution < 1.29 is 79.7 Å². The number of rotatable bonds is 16. The van der Waals surface area contributed by atoms with Crippen molar-refractivity contribution in [3.05, 3.63) is 295 Å². The normalized spacial score (nSPS) is 18.2. The summed E-state index contributed by atoms with van der Waals surface area (Å²) < 4.78 is 200. The number of oxazole rings is 2. The Hall–Kier alpha value is -15.9. The second-order valence-corrected chi connectivity index (χ2v) is 46.3. The quantitative estimate of drug-likeness (QED) is 0.0641. The Morgan fingerprint density at radius 1 is 0.370 bits per heavy atom. The van der Waals surface area contributed by atoms with E-state index in [0.717, 1.165) is 155 Å². The van der Waals surface area contributed by atoms with Crippen LogP contribution >= 0.6 is 32.3 Å². The van der Waals surface area contributed by atoms with Gasteiger partial charge in [0.05, 0.1) is 196 Å². The van der Waals surface area contributed by atoms with Crippen LogP contribution in [0.1, 0.15) is 45.0 Å². The largest absolute Gasteiger partial charge is 0.488 e. The van der Waals surface area contributed by atoms with Gasteiger partial charge in [-0.05, 0) is 196 Å². The lowest BCUT2D eigenvalue weighted by molar-refractivity contribution is 0.160. The maximum atomic E-state index is 13.4. The number of benzene rings is 8. The summed E-state index contributed by atoms with van der Waals surface area (Å²) in [6, 6.07) is 38.6. The maximum absolute atomic E-state index is 13.4. The van der Waals surface area contributed by atoms with Crippen molar-refractivity contribution in [2.45, 2.75) is 52.2 Å². The van der Waals surface area contributed by atoms with E-state index >= 15 is 0 Å². The van der Waals surface area contributed by atoms with Gasteiger partial charge in [0.15, 0.2) is 75.9 Å². The summed E-state index contributed by atoms with van der Waals surface area (Å²) in [7, 11) is -21.1. The van der Waals surface area contributed by atoms with Crippen molar-refractivity contribution in [3.8, 4) is 28.5 Å². The molecule has 146 heavy (non-hydrogen) atoms. The number of nitrogens with zero attached hydrogens (tertiary/aromatic N) is 24. The molecule has 8 aromatic heterocycles. The van der Waals surface area contributed by atoms with Gasteiger partial charge in [-0.25, -0.2) is 34.3 Å². The van der Waals surface area contributed by atoms with Crippen LogP contribution in [0.4, 0.5) is 66.0 Å². The Bertz CT molecular complexity index is 7980. The van der Waals surface area contributed by atoms with Crippen LogP contribution in [-0.2, 0) is 18.9 Å². The van der Waals surface area contributed by atoms with E-state index in [4.69, 9.17) is 42.3 Å². The minimum absolute atomic E-state index is 0.252. The summed E-state index contributed by atoms with van der Waals surface area (Å²) in [6.07, 6.45) is 28.7. The van der Waals surface area contributed by atoms with Crippen LogP contribution in [0.2, 0.25) is 19.6 Å². The summed E-state index contributed by atoms with van der Waals surface area (Å²) in [5.74, 6) is 3.80. The van der Waals surface area contributed by atoms with Gasteiger partial charge in [-0.2, -0.15) is 4.37 Å². The standard InChI is InChI=1S/C27H30N6O2Si.C24H21F5N6O3S.C24H21F5N6OS2.C24H21FN6O2/c1-19-16-31(17-29-19)23-10-5-20(26-25(23)30-18-35-26)15-24-27-28-11-12-32(33(27)13-14-34-24)21-6-8-22(9-7-21)36(2,3)4;1-16-14-33(15-31-16)21-7-2-17(20-13-32-37-23(20)21)12-22-24-30-8-9-34(35(24)10-11-36-22)18-3-5-19(6-4-18)38-39(25,26,27,28)29;1-16-14-33(15-31-16)21-7-2-17(20-13-32-37-23(20)21)12-22-24-30-8-9-34(35(24)10-11-36-22)18-3-5-19(6-4-18)38(25,26,27,28)29;1-16-13-29(14-27-16)20-7-2-17(23-22(20)28-15-33-23)12-21-24-26-8-9-30(31(24)10-11-32-21)19-5-3-18(25)4-6-19/h5-10,15-18H,11-14H2,1-4H3;2-7,12-15H,8-11H2,1H3;2-7,12-15H,8-11H2,1H3;2-7,12-15H,8-11H2,1H3/b24-15-;2*22-12-;21-12-. The number of fused-ring (bicyclic) bond motifs is 8. The third-order valence-corrected chi connectivity index (χ3v) is 29.4. The zero-order valence-corrected chi connectivity index (χ0v) is 82.7. The van der Waals surface area contributed by atoms with Crippen molar-refractivity contribution in [1.82, 2.24) is 77.7 Å². The highest BCUT2D eigenvalue weighted by atomic mass is 32.5. The Morgan fingerprint density at radius 2 is 0.726 bits per heavy atom. The van der Waals surface area contributed by atoms with Crippen LogP contribution in [-0.4, -0.2) is 214 Å². The van der Waals surface area contributed by atoms with E-state index in [1.807, 2.05) is 154 Å². The highest BCUT2D eigenvalue weighted by Gasteiger charge is 2.68. The lowest BCUT2D eigenvalue weighted by Gasteiger charge is -2.44. The van der Waals surface area contributed by atoms with Gasteiger partial charge >= 0.3 is 20.7 Å². The molecule has 32 nitrogen and oxygen atoms in total. The van der Waals surface area contributed by atoms with Gasteiger partial charge in [-0.1, -0.05) is 93.1 Å². The number of anilines is 4. The van der Waals surface area contributed by atoms with Crippen molar-refractivity contribution in [3.63, 3.8) is 0 Å². The van der Waals surface area contributed by atoms with Crippen molar-refractivity contribution in [1.29, 1.82) is 0 Å². The zero-order chi connectivity index (χ0) is 101. The lowest BCUT2D eigenvalue weighted by Crippen LogP contribution is -2.55. The molecule has 0 saturated carbocycles. The van der Waals surface area contributed by atoms with Crippen LogP contribution in [0.5, 0.6) is 5.75 Å². The maximum Gasteiger partial charge on any atom is 0.435 e. The highest BCUT2D eigenvalue weighted by molar-refractivity contribution is 8.45. The predicted molar refractivity (Wildman–Crippen MR) is 544 cm³/mol. The molecule has 8 aliphatic heterocycles. The number of ether oxygens (including phenoxy) is 4. The summed E-state index contributed by atoms with van der Waals surface area (Å²) in [4.78, 5) is 43.0. The molecule has 4 fully saturated rings. The third-order valence-electron chi connectivity index (χ3n) is 24.8. The Balaban J connectivity index is 0.000000115. The molecule has 8 aliphatic rings. The molecule has 0 unspecified atom stereocenters. The molecule has 16 aromatic rings. The monoisotopic (exact) mass is 2080 g/mol. The molecule has 0 aliphatic carbocycles. The van der Waals surface area contributed by atoms with Crippen LogP contribution < -0.4 is 29.4 Å². The first kappa shape index (κ1) is 96.2. The van der Waals surface area contributed by atoms with E-state index in [1.54, 1.807) is 59.9 Å². The molecule has 8 aromatic carbocycles. The second kappa shape index (κ2) is 36.4. The predicted octanol–water partition coefficient (Wildman–Crippen LogP) is 21.7. The SMILES string of the molecule is Cc1cn(-c2ccc(/C=C3\OCCN4C3=NCCN4c3ccc(F)cc3)c3ocnc23)cn1.Cc1cn(-c2ccc(/C=C3\OCCN4C3=NCCN4c3ccc(OS(F)(F)(F)(F)F)cc3)c3cnoc23)cn1.Cc1cn(-c2ccc(/C=C3\OCCN4C3=NCCN4c3ccc(S(F)(F)(F)(F)F)cc3)c3cnsc23)cn1.Cc1cn(-c2ccc(/C=C3\OCCN4C3=NCCN4c3ccc([Si](C)(C)C)cc3)c3ocnc23)cn1. The van der Waals surface area contributed by atoms with E-state index in [9.17, 15) is 43.2 Å². The number of hydrogen-bond acceptors (Lipinski definition) is 29. The van der Waals surface area contributed by atoms with Gasteiger partial charge in [-0.15, -0.1) is 0 Å². The molecule has 4 saturated heterocycles. The second-order valence-electron chi connectivity index (χ2n) is 36.0. The number of amidine groups is 4. The summed E-state index contributed by atoms with van der Waals surface area (Å²) in [6.45, 7) is 23.2. The number of aliphatic imine (C=N–C) groups is 4. The third kappa shape index (κ3) is 20.3. The first-order valence-electron chi connectivity index (χ1n) is 46.3. The number of hydrazine groups is 4.